The number of pyridine rings is 1. The first-order chi connectivity index (χ1) is 8.66. The summed E-state index contributed by atoms with van der Waals surface area (Å²) in [4.78, 5) is 15.8. The van der Waals surface area contributed by atoms with E-state index in [9.17, 15) is 9.18 Å². The molecule has 0 atom stereocenters. The molecule has 0 N–H and O–H groups in total. The molecular weight excluding hydrogens is 253 g/mol. The number of rotatable bonds is 4. The largest absolute Gasteiger partial charge is 0.299 e. The van der Waals surface area contributed by atoms with E-state index in [1.807, 2.05) is 6.07 Å². The summed E-state index contributed by atoms with van der Waals surface area (Å²) in [6.45, 7) is 0. The summed E-state index contributed by atoms with van der Waals surface area (Å²) in [7, 11) is 0. The van der Waals surface area contributed by atoms with E-state index in [2.05, 4.69) is 4.98 Å². The van der Waals surface area contributed by atoms with Crippen LogP contribution >= 0.6 is 11.6 Å². The predicted molar refractivity (Wildman–Crippen MR) is 68.1 cm³/mol. The van der Waals surface area contributed by atoms with Gasteiger partial charge in [0.05, 0.1) is 0 Å². The smallest absolute Gasteiger partial charge is 0.141 e. The van der Waals surface area contributed by atoms with Crippen LogP contribution in [0.5, 0.6) is 0 Å². The summed E-state index contributed by atoms with van der Waals surface area (Å²) in [5, 5.41) is 0.287. The highest BCUT2D eigenvalue weighted by Gasteiger charge is 2.12. The molecule has 0 amide bonds. The molecule has 1 aromatic heterocycles. The van der Waals surface area contributed by atoms with Crippen molar-refractivity contribution in [1.82, 2.24) is 4.98 Å². The maximum atomic E-state index is 13.5. The van der Waals surface area contributed by atoms with E-state index in [1.165, 1.54) is 12.1 Å². The second kappa shape index (κ2) is 5.74. The molecule has 1 aromatic carbocycles. The lowest BCUT2D eigenvalue weighted by atomic mass is 10.0. The second-order valence-corrected chi connectivity index (χ2v) is 4.36. The lowest BCUT2D eigenvalue weighted by Gasteiger charge is -2.05. The molecule has 0 aliphatic rings. The van der Waals surface area contributed by atoms with Crippen molar-refractivity contribution in [3.63, 3.8) is 0 Å². The Morgan fingerprint density at radius 2 is 2.06 bits per heavy atom. The van der Waals surface area contributed by atoms with Gasteiger partial charge >= 0.3 is 0 Å². The molecule has 0 aliphatic carbocycles. The zero-order valence-corrected chi connectivity index (χ0v) is 10.3. The number of carbonyl (C=O) groups excluding carboxylic acids is 1. The van der Waals surface area contributed by atoms with Gasteiger partial charge in [-0.15, -0.1) is 0 Å². The first kappa shape index (κ1) is 12.7. The van der Waals surface area contributed by atoms with Crippen LogP contribution in [0.3, 0.4) is 0 Å². The number of nitrogens with zero attached hydrogens (tertiary/aromatic N) is 1. The highest BCUT2D eigenvalue weighted by Crippen LogP contribution is 2.20. The van der Waals surface area contributed by atoms with Crippen LogP contribution in [0.4, 0.5) is 4.39 Å². The average molecular weight is 264 g/mol. The summed E-state index contributed by atoms with van der Waals surface area (Å²) in [5.74, 6) is -0.531. The molecule has 0 fully saturated rings. The van der Waals surface area contributed by atoms with Gasteiger partial charge in [0.25, 0.3) is 0 Å². The predicted octanol–water partition coefficient (Wildman–Crippen LogP) is 3.23. The van der Waals surface area contributed by atoms with Crippen molar-refractivity contribution in [3.8, 4) is 0 Å². The van der Waals surface area contributed by atoms with Gasteiger partial charge in [-0.1, -0.05) is 23.7 Å². The van der Waals surface area contributed by atoms with E-state index in [4.69, 9.17) is 11.6 Å². The van der Waals surface area contributed by atoms with Gasteiger partial charge in [-0.2, -0.15) is 0 Å². The van der Waals surface area contributed by atoms with Crippen molar-refractivity contribution in [1.29, 1.82) is 0 Å². The molecule has 0 radical (unpaired) electrons. The molecular formula is C14H11ClFNO. The zero-order valence-electron chi connectivity index (χ0n) is 9.57. The second-order valence-electron chi connectivity index (χ2n) is 3.95. The van der Waals surface area contributed by atoms with Crippen molar-refractivity contribution in [2.75, 3.05) is 0 Å². The van der Waals surface area contributed by atoms with Crippen molar-refractivity contribution in [2.24, 2.45) is 0 Å². The van der Waals surface area contributed by atoms with Gasteiger partial charge in [0.1, 0.15) is 11.6 Å². The monoisotopic (exact) mass is 263 g/mol. The van der Waals surface area contributed by atoms with Gasteiger partial charge in [0, 0.05) is 35.8 Å². The van der Waals surface area contributed by atoms with Crippen molar-refractivity contribution >= 4 is 17.4 Å². The fourth-order valence-electron chi connectivity index (χ4n) is 1.69. The minimum Gasteiger partial charge on any atom is -0.299 e. The minimum atomic E-state index is -0.443. The van der Waals surface area contributed by atoms with Gasteiger partial charge in [0.2, 0.25) is 0 Å². The number of hydrogen-bond donors (Lipinski definition) is 0. The first-order valence-electron chi connectivity index (χ1n) is 5.50. The van der Waals surface area contributed by atoms with Crippen LogP contribution in [0, 0.1) is 5.82 Å². The Hall–Kier alpha value is -1.74. The van der Waals surface area contributed by atoms with Crippen LogP contribution in [-0.4, -0.2) is 10.8 Å². The highest BCUT2D eigenvalue weighted by molar-refractivity contribution is 6.31. The van der Waals surface area contributed by atoms with Crippen LogP contribution < -0.4 is 0 Å². The number of Topliss-reactive ketones (excluding diaryl/α,β-unsaturated/α-hetero) is 1. The first-order valence-corrected chi connectivity index (χ1v) is 5.88. The fraction of sp³-hybridized carbons (Fsp3) is 0.143. The summed E-state index contributed by atoms with van der Waals surface area (Å²) < 4.78 is 13.5. The van der Waals surface area contributed by atoms with E-state index >= 15 is 0 Å². The third kappa shape index (κ3) is 3.14. The van der Waals surface area contributed by atoms with Gasteiger partial charge in [-0.05, 0) is 23.8 Å². The van der Waals surface area contributed by atoms with E-state index < -0.39 is 5.82 Å². The third-order valence-electron chi connectivity index (χ3n) is 2.56. The van der Waals surface area contributed by atoms with Crippen LogP contribution in [-0.2, 0) is 17.6 Å². The lowest BCUT2D eigenvalue weighted by molar-refractivity contribution is -0.117. The van der Waals surface area contributed by atoms with Crippen LogP contribution in [0.25, 0.3) is 0 Å². The molecule has 2 aromatic rings. The van der Waals surface area contributed by atoms with Crippen LogP contribution in [0.15, 0.2) is 42.7 Å². The Balaban J connectivity index is 2.08. The molecule has 0 unspecified atom stereocenters. The number of ketones is 1. The topological polar surface area (TPSA) is 30.0 Å². The van der Waals surface area contributed by atoms with Gasteiger partial charge in [-0.25, -0.2) is 4.39 Å². The fourth-order valence-corrected chi connectivity index (χ4v) is 1.92. The van der Waals surface area contributed by atoms with Crippen LogP contribution in [0.2, 0.25) is 5.02 Å². The maximum Gasteiger partial charge on any atom is 0.141 e. The van der Waals surface area contributed by atoms with Crippen molar-refractivity contribution < 1.29 is 9.18 Å². The van der Waals surface area contributed by atoms with Crippen molar-refractivity contribution in [3.05, 3.63) is 64.7 Å². The Morgan fingerprint density at radius 1 is 1.22 bits per heavy atom. The molecule has 2 nitrogen and oxygen atoms in total. The molecule has 0 aliphatic heterocycles. The average Bonchev–Trinajstić information content (AvgIpc) is 2.35. The Morgan fingerprint density at radius 3 is 2.72 bits per heavy atom. The molecule has 4 heteroatoms. The number of hydrogen-bond acceptors (Lipinski definition) is 2. The molecule has 18 heavy (non-hydrogen) atoms. The molecule has 0 saturated heterocycles. The Kier molecular flexibility index (Phi) is 4.05. The third-order valence-corrected chi connectivity index (χ3v) is 2.91. The van der Waals surface area contributed by atoms with E-state index in [0.29, 0.717) is 0 Å². The molecule has 0 saturated carbocycles. The highest BCUT2D eigenvalue weighted by atomic mass is 35.5. The van der Waals surface area contributed by atoms with E-state index in [0.717, 1.165) is 5.56 Å². The summed E-state index contributed by atoms with van der Waals surface area (Å²) in [6, 6.07) is 7.98. The number of halogens is 2. The maximum absolute atomic E-state index is 13.5. The molecule has 2 rings (SSSR count). The molecule has 0 bridgehead atoms. The number of benzene rings is 1. The summed E-state index contributed by atoms with van der Waals surface area (Å²) in [6.07, 6.45) is 3.50. The minimum absolute atomic E-state index is 0.000398. The quantitative estimate of drug-likeness (QED) is 0.848. The number of carbonyl (C=O) groups is 1. The zero-order chi connectivity index (χ0) is 13.0. The van der Waals surface area contributed by atoms with Crippen molar-refractivity contribution in [2.45, 2.75) is 12.8 Å². The molecule has 1 heterocycles. The summed E-state index contributed by atoms with van der Waals surface area (Å²) >= 11 is 5.87. The van der Waals surface area contributed by atoms with E-state index in [-0.39, 0.29) is 29.2 Å². The van der Waals surface area contributed by atoms with Gasteiger partial charge in [-0.3, -0.25) is 9.78 Å². The normalized spacial score (nSPS) is 10.3. The van der Waals surface area contributed by atoms with Gasteiger partial charge in [0.15, 0.2) is 0 Å². The standard InChI is InChI=1S/C14H11ClFNO/c15-13-4-1-5-14(16)12(13)8-11(18)7-10-3-2-6-17-9-10/h1-6,9H,7-8H2. The van der Waals surface area contributed by atoms with Gasteiger partial charge < -0.3 is 0 Å². The molecule has 0 spiro atoms. The lowest BCUT2D eigenvalue weighted by Crippen LogP contribution is -2.08. The van der Waals surface area contributed by atoms with Crippen LogP contribution in [0.1, 0.15) is 11.1 Å². The Labute approximate surface area is 109 Å². The summed E-state index contributed by atoms with van der Waals surface area (Å²) in [5.41, 5.74) is 1.07. The number of aromatic nitrogens is 1. The van der Waals surface area contributed by atoms with E-state index in [1.54, 1.807) is 24.5 Å². The molecule has 92 valence electrons. The SMILES string of the molecule is O=C(Cc1cccnc1)Cc1c(F)cccc1Cl. The Bertz CT molecular complexity index is 537.